The number of carbonyl (C=O) groups excluding carboxylic acids is 1. The van der Waals surface area contributed by atoms with E-state index in [-0.39, 0.29) is 11.7 Å². The fourth-order valence-electron chi connectivity index (χ4n) is 2.11. The Labute approximate surface area is 110 Å². The minimum absolute atomic E-state index is 0.176. The summed E-state index contributed by atoms with van der Waals surface area (Å²) in [6, 6.07) is 0. The zero-order valence-corrected chi connectivity index (χ0v) is 12.0. The minimum atomic E-state index is -3.11. The van der Waals surface area contributed by atoms with E-state index in [1.54, 1.807) is 0 Å². The zero-order valence-electron chi connectivity index (χ0n) is 11.2. The Morgan fingerprint density at radius 1 is 1.28 bits per heavy atom. The Hall–Kier alpha value is -0.620. The van der Waals surface area contributed by atoms with E-state index in [9.17, 15) is 13.2 Å². The zero-order chi connectivity index (χ0) is 13.4. The van der Waals surface area contributed by atoms with Crippen LogP contribution in [0.15, 0.2) is 0 Å². The third kappa shape index (κ3) is 5.82. The van der Waals surface area contributed by atoms with Crippen LogP contribution in [-0.2, 0) is 14.8 Å². The van der Waals surface area contributed by atoms with E-state index in [1.165, 1.54) is 0 Å². The summed E-state index contributed by atoms with van der Waals surface area (Å²) in [6.45, 7) is 3.75. The molecule has 0 aromatic rings. The smallest absolute Gasteiger partial charge is 0.222 e. The van der Waals surface area contributed by atoms with Crippen molar-refractivity contribution in [3.63, 3.8) is 0 Å². The van der Waals surface area contributed by atoms with Crippen molar-refractivity contribution in [2.45, 2.75) is 45.4 Å². The number of nitrogens with one attached hydrogen (secondary N) is 1. The van der Waals surface area contributed by atoms with E-state index in [4.69, 9.17) is 0 Å². The highest BCUT2D eigenvalue weighted by Gasteiger charge is 2.16. The summed E-state index contributed by atoms with van der Waals surface area (Å²) in [5.74, 6) is 0.388. The molecule has 1 aliphatic heterocycles. The maximum Gasteiger partial charge on any atom is 0.222 e. The molecule has 0 aliphatic carbocycles. The number of rotatable bonds is 7. The molecule has 1 amide bonds. The summed E-state index contributed by atoms with van der Waals surface area (Å²) in [6.07, 6.45) is 5.12. The second-order valence-corrected chi connectivity index (χ2v) is 6.68. The molecule has 106 valence electrons. The highest BCUT2D eigenvalue weighted by Crippen LogP contribution is 2.11. The van der Waals surface area contributed by atoms with Gasteiger partial charge in [0.05, 0.1) is 5.75 Å². The Morgan fingerprint density at radius 3 is 2.78 bits per heavy atom. The monoisotopic (exact) mass is 276 g/mol. The van der Waals surface area contributed by atoms with Crippen LogP contribution in [0.4, 0.5) is 0 Å². The number of hydrogen-bond acceptors (Lipinski definition) is 3. The van der Waals surface area contributed by atoms with Gasteiger partial charge < -0.3 is 4.90 Å². The van der Waals surface area contributed by atoms with E-state index in [0.29, 0.717) is 32.4 Å². The molecule has 1 N–H and O–H groups in total. The average molecular weight is 276 g/mol. The molecular weight excluding hydrogens is 252 g/mol. The molecule has 0 spiro atoms. The van der Waals surface area contributed by atoms with Crippen molar-refractivity contribution in [3.8, 4) is 0 Å². The van der Waals surface area contributed by atoms with Crippen molar-refractivity contribution >= 4 is 15.9 Å². The maximum atomic E-state index is 11.7. The van der Waals surface area contributed by atoms with Crippen molar-refractivity contribution in [3.05, 3.63) is 0 Å². The first kappa shape index (κ1) is 15.4. The van der Waals surface area contributed by atoms with Crippen LogP contribution >= 0.6 is 0 Å². The van der Waals surface area contributed by atoms with Gasteiger partial charge in [-0.3, -0.25) is 4.79 Å². The highest BCUT2D eigenvalue weighted by molar-refractivity contribution is 7.89. The van der Waals surface area contributed by atoms with Gasteiger partial charge in [-0.05, 0) is 25.7 Å². The van der Waals surface area contributed by atoms with Gasteiger partial charge in [-0.2, -0.15) is 0 Å². The molecule has 0 saturated carbocycles. The molecule has 1 rings (SSSR count). The van der Waals surface area contributed by atoms with Crippen LogP contribution < -0.4 is 4.72 Å². The molecule has 0 bridgehead atoms. The number of carbonyl (C=O) groups is 1. The van der Waals surface area contributed by atoms with Gasteiger partial charge in [0.1, 0.15) is 0 Å². The Morgan fingerprint density at radius 2 is 2.06 bits per heavy atom. The Balaban J connectivity index is 2.22. The SMILES string of the molecule is CCCS(=O)(=O)NCCCN1CCCCCC1=O. The summed E-state index contributed by atoms with van der Waals surface area (Å²) in [4.78, 5) is 13.6. The molecule has 1 heterocycles. The summed E-state index contributed by atoms with van der Waals surface area (Å²) >= 11 is 0. The molecular formula is C12H24N2O3S. The lowest BCUT2D eigenvalue weighted by atomic mass is 10.2. The van der Waals surface area contributed by atoms with E-state index in [1.807, 2.05) is 11.8 Å². The molecule has 0 aromatic heterocycles. The molecule has 1 saturated heterocycles. The standard InChI is InChI=1S/C12H24N2O3S/c1-2-11-18(16,17)13-8-6-10-14-9-5-3-4-7-12(14)15/h13H,2-11H2,1H3. The average Bonchev–Trinajstić information content (AvgIpc) is 2.50. The van der Waals surface area contributed by atoms with Crippen LogP contribution in [0.2, 0.25) is 0 Å². The Bertz CT molecular complexity index is 354. The van der Waals surface area contributed by atoms with Gasteiger partial charge in [-0.25, -0.2) is 13.1 Å². The first-order valence-corrected chi connectivity index (χ1v) is 8.45. The summed E-state index contributed by atoms with van der Waals surface area (Å²) in [5.41, 5.74) is 0. The van der Waals surface area contributed by atoms with E-state index in [0.717, 1.165) is 25.8 Å². The van der Waals surface area contributed by atoms with Crippen LogP contribution in [-0.4, -0.2) is 44.6 Å². The van der Waals surface area contributed by atoms with Crippen LogP contribution in [0.1, 0.15) is 45.4 Å². The largest absolute Gasteiger partial charge is 0.343 e. The molecule has 6 heteroatoms. The predicted octanol–water partition coefficient (Wildman–Crippen LogP) is 1.11. The third-order valence-corrected chi connectivity index (χ3v) is 4.66. The topological polar surface area (TPSA) is 66.5 Å². The highest BCUT2D eigenvalue weighted by atomic mass is 32.2. The number of likely N-dealkylation sites (tertiary alicyclic amines) is 1. The van der Waals surface area contributed by atoms with Gasteiger partial charge >= 0.3 is 0 Å². The van der Waals surface area contributed by atoms with Crippen molar-refractivity contribution in [1.82, 2.24) is 9.62 Å². The van der Waals surface area contributed by atoms with Crippen molar-refractivity contribution in [2.75, 3.05) is 25.4 Å². The molecule has 0 aromatic carbocycles. The predicted molar refractivity (Wildman–Crippen MR) is 71.7 cm³/mol. The number of sulfonamides is 1. The second kappa shape index (κ2) is 7.74. The van der Waals surface area contributed by atoms with Gasteiger partial charge in [-0.15, -0.1) is 0 Å². The fourth-order valence-corrected chi connectivity index (χ4v) is 3.25. The van der Waals surface area contributed by atoms with Crippen molar-refractivity contribution in [1.29, 1.82) is 0 Å². The molecule has 5 nitrogen and oxygen atoms in total. The normalized spacial score (nSPS) is 17.8. The van der Waals surface area contributed by atoms with E-state index < -0.39 is 10.0 Å². The lowest BCUT2D eigenvalue weighted by molar-refractivity contribution is -0.130. The van der Waals surface area contributed by atoms with Gasteiger partial charge in [0.2, 0.25) is 15.9 Å². The Kier molecular flexibility index (Phi) is 6.63. The number of nitrogens with zero attached hydrogens (tertiary/aromatic N) is 1. The van der Waals surface area contributed by atoms with E-state index >= 15 is 0 Å². The fraction of sp³-hybridized carbons (Fsp3) is 0.917. The number of hydrogen-bond donors (Lipinski definition) is 1. The van der Waals surface area contributed by atoms with Crippen molar-refractivity contribution in [2.24, 2.45) is 0 Å². The van der Waals surface area contributed by atoms with Crippen LogP contribution in [0.3, 0.4) is 0 Å². The summed E-state index contributed by atoms with van der Waals surface area (Å²) in [7, 11) is -3.11. The molecule has 0 atom stereocenters. The van der Waals surface area contributed by atoms with Crippen LogP contribution in [0.25, 0.3) is 0 Å². The maximum absolute atomic E-state index is 11.7. The number of amides is 1. The van der Waals surface area contributed by atoms with Gasteiger partial charge in [-0.1, -0.05) is 13.3 Å². The summed E-state index contributed by atoms with van der Waals surface area (Å²) < 4.78 is 25.4. The molecule has 1 aliphatic rings. The second-order valence-electron chi connectivity index (χ2n) is 4.76. The molecule has 0 unspecified atom stereocenters. The van der Waals surface area contributed by atoms with E-state index in [2.05, 4.69) is 4.72 Å². The van der Waals surface area contributed by atoms with Gasteiger partial charge in [0.25, 0.3) is 0 Å². The lowest BCUT2D eigenvalue weighted by Gasteiger charge is -2.20. The summed E-state index contributed by atoms with van der Waals surface area (Å²) in [5, 5.41) is 0. The van der Waals surface area contributed by atoms with Crippen LogP contribution in [0, 0.1) is 0 Å². The first-order valence-electron chi connectivity index (χ1n) is 6.80. The van der Waals surface area contributed by atoms with Crippen LogP contribution in [0.5, 0.6) is 0 Å². The van der Waals surface area contributed by atoms with Crippen molar-refractivity contribution < 1.29 is 13.2 Å². The lowest BCUT2D eigenvalue weighted by Crippen LogP contribution is -2.34. The quantitative estimate of drug-likeness (QED) is 0.708. The molecule has 0 radical (unpaired) electrons. The van der Waals surface area contributed by atoms with Gasteiger partial charge in [0, 0.05) is 26.1 Å². The minimum Gasteiger partial charge on any atom is -0.343 e. The van der Waals surface area contributed by atoms with Gasteiger partial charge in [0.15, 0.2) is 0 Å². The first-order chi connectivity index (χ1) is 8.55. The third-order valence-electron chi connectivity index (χ3n) is 3.07. The molecule has 1 fully saturated rings. The molecule has 18 heavy (non-hydrogen) atoms.